The van der Waals surface area contributed by atoms with E-state index in [0.717, 1.165) is 5.69 Å². The van der Waals surface area contributed by atoms with Crippen molar-refractivity contribution in [1.29, 1.82) is 0 Å². The van der Waals surface area contributed by atoms with E-state index in [9.17, 15) is 9.59 Å². The zero-order valence-electron chi connectivity index (χ0n) is 15.3. The van der Waals surface area contributed by atoms with E-state index in [2.05, 4.69) is 15.3 Å². The molecule has 0 saturated carbocycles. The number of carbonyl (C=O) groups is 1. The molecule has 1 N–H and O–H groups in total. The van der Waals surface area contributed by atoms with Crippen LogP contribution in [0.4, 0.5) is 0 Å². The third kappa shape index (κ3) is 3.29. The van der Waals surface area contributed by atoms with Gasteiger partial charge in [-0.1, -0.05) is 24.3 Å². The van der Waals surface area contributed by atoms with Gasteiger partial charge >= 0.3 is 5.69 Å². The summed E-state index contributed by atoms with van der Waals surface area (Å²) >= 11 is 0. The second-order valence-electron chi connectivity index (χ2n) is 6.43. The summed E-state index contributed by atoms with van der Waals surface area (Å²) in [5, 5.41) is 2.89. The van der Waals surface area contributed by atoms with Gasteiger partial charge in [0.25, 0.3) is 0 Å². The Kier molecular flexibility index (Phi) is 4.72. The lowest BCUT2D eigenvalue weighted by Crippen LogP contribution is -2.34. The summed E-state index contributed by atoms with van der Waals surface area (Å²) in [6, 6.07) is 18.1. The SMILES string of the molecule is C[C@@H](NC(=O)Cn1c(=O)n(-c2ccccc2)c2ncccc21)c1ccccn1. The molecule has 1 aromatic carbocycles. The number of imidazole rings is 1. The number of pyridine rings is 2. The van der Waals surface area contributed by atoms with Crippen molar-refractivity contribution in [3.63, 3.8) is 0 Å². The predicted octanol–water partition coefficient (Wildman–Crippen LogP) is 2.46. The number of amides is 1. The first kappa shape index (κ1) is 17.7. The van der Waals surface area contributed by atoms with Gasteiger partial charge in [0.2, 0.25) is 5.91 Å². The fraction of sp³-hybridized carbons (Fsp3) is 0.143. The van der Waals surface area contributed by atoms with Gasteiger partial charge in [0.15, 0.2) is 5.65 Å². The van der Waals surface area contributed by atoms with Crippen LogP contribution in [0.1, 0.15) is 18.7 Å². The molecule has 0 aliphatic heterocycles. The Morgan fingerprint density at radius 2 is 1.75 bits per heavy atom. The van der Waals surface area contributed by atoms with Crippen LogP contribution in [0.3, 0.4) is 0 Å². The normalized spacial score (nSPS) is 12.0. The molecule has 0 radical (unpaired) electrons. The van der Waals surface area contributed by atoms with Gasteiger partial charge in [-0.25, -0.2) is 14.3 Å². The van der Waals surface area contributed by atoms with Crippen LogP contribution in [0.15, 0.2) is 77.9 Å². The summed E-state index contributed by atoms with van der Waals surface area (Å²) in [6.45, 7) is 1.76. The van der Waals surface area contributed by atoms with Crippen molar-refractivity contribution >= 4 is 17.1 Å². The first-order valence-corrected chi connectivity index (χ1v) is 8.97. The Hall–Kier alpha value is -3.74. The fourth-order valence-corrected chi connectivity index (χ4v) is 3.19. The van der Waals surface area contributed by atoms with Crippen LogP contribution >= 0.6 is 0 Å². The van der Waals surface area contributed by atoms with Gasteiger partial charge in [0.1, 0.15) is 6.54 Å². The van der Waals surface area contributed by atoms with E-state index in [4.69, 9.17) is 0 Å². The average molecular weight is 373 g/mol. The van der Waals surface area contributed by atoms with Crippen LogP contribution in [0, 0.1) is 0 Å². The summed E-state index contributed by atoms with van der Waals surface area (Å²) in [4.78, 5) is 34.3. The van der Waals surface area contributed by atoms with E-state index in [0.29, 0.717) is 16.9 Å². The smallest absolute Gasteiger partial charge is 0.335 e. The van der Waals surface area contributed by atoms with Gasteiger partial charge in [-0.2, -0.15) is 0 Å². The van der Waals surface area contributed by atoms with E-state index in [-0.39, 0.29) is 24.2 Å². The first-order chi connectivity index (χ1) is 13.6. The molecule has 0 aliphatic carbocycles. The monoisotopic (exact) mass is 373 g/mol. The molecule has 0 bridgehead atoms. The third-order valence-corrected chi connectivity index (χ3v) is 4.52. The maximum absolute atomic E-state index is 13.1. The second kappa shape index (κ2) is 7.48. The summed E-state index contributed by atoms with van der Waals surface area (Å²) in [7, 11) is 0. The predicted molar refractivity (Wildman–Crippen MR) is 106 cm³/mol. The third-order valence-electron chi connectivity index (χ3n) is 4.52. The van der Waals surface area contributed by atoms with E-state index in [1.165, 1.54) is 9.13 Å². The van der Waals surface area contributed by atoms with Gasteiger partial charge < -0.3 is 5.32 Å². The van der Waals surface area contributed by atoms with Crippen molar-refractivity contribution < 1.29 is 4.79 Å². The van der Waals surface area contributed by atoms with E-state index in [1.54, 1.807) is 24.5 Å². The minimum absolute atomic E-state index is 0.0992. The molecule has 3 heterocycles. The summed E-state index contributed by atoms with van der Waals surface area (Å²) in [5.74, 6) is -0.267. The molecule has 3 aromatic heterocycles. The number of benzene rings is 1. The molecule has 0 fully saturated rings. The lowest BCUT2D eigenvalue weighted by atomic mass is 10.2. The number of para-hydroxylation sites is 1. The number of nitrogens with zero attached hydrogens (tertiary/aromatic N) is 4. The van der Waals surface area contributed by atoms with Crippen molar-refractivity contribution in [2.75, 3.05) is 0 Å². The molecular formula is C21H19N5O2. The average Bonchev–Trinajstić information content (AvgIpc) is 3.01. The summed E-state index contributed by atoms with van der Waals surface area (Å²) < 4.78 is 2.96. The maximum Gasteiger partial charge on any atom is 0.335 e. The second-order valence-corrected chi connectivity index (χ2v) is 6.43. The summed E-state index contributed by atoms with van der Waals surface area (Å²) in [5.41, 5.74) is 2.29. The number of rotatable bonds is 5. The standard InChI is InChI=1S/C21H19N5O2/c1-15(17-10-5-6-12-22-17)24-19(27)14-25-18-11-7-13-23-20(18)26(21(25)28)16-8-3-2-4-9-16/h2-13,15H,14H2,1H3,(H,24,27)/t15-/m1/s1. The molecule has 4 aromatic rings. The molecule has 4 rings (SSSR count). The highest BCUT2D eigenvalue weighted by atomic mass is 16.2. The molecule has 7 nitrogen and oxygen atoms in total. The minimum Gasteiger partial charge on any atom is -0.346 e. The van der Waals surface area contributed by atoms with Crippen LogP contribution in [0.5, 0.6) is 0 Å². The first-order valence-electron chi connectivity index (χ1n) is 8.97. The van der Waals surface area contributed by atoms with Crippen LogP contribution < -0.4 is 11.0 Å². The van der Waals surface area contributed by atoms with E-state index < -0.39 is 0 Å². The number of nitrogens with one attached hydrogen (secondary N) is 1. The molecule has 0 saturated heterocycles. The number of hydrogen-bond donors (Lipinski definition) is 1. The van der Waals surface area contributed by atoms with Crippen LogP contribution in [-0.2, 0) is 11.3 Å². The molecule has 0 spiro atoms. The van der Waals surface area contributed by atoms with Crippen molar-refractivity contribution in [3.05, 3.63) is 89.2 Å². The lowest BCUT2D eigenvalue weighted by molar-refractivity contribution is -0.122. The Labute approximate surface area is 161 Å². The Morgan fingerprint density at radius 3 is 2.50 bits per heavy atom. The van der Waals surface area contributed by atoms with Crippen molar-refractivity contribution in [2.24, 2.45) is 0 Å². The van der Waals surface area contributed by atoms with Crippen LogP contribution in [0.2, 0.25) is 0 Å². The molecule has 28 heavy (non-hydrogen) atoms. The Bertz CT molecular complexity index is 1170. The number of hydrogen-bond acceptors (Lipinski definition) is 4. The molecule has 0 unspecified atom stereocenters. The number of carbonyl (C=O) groups excluding carboxylic acids is 1. The van der Waals surface area contributed by atoms with E-state index >= 15 is 0 Å². The molecular weight excluding hydrogens is 354 g/mol. The van der Waals surface area contributed by atoms with Gasteiger partial charge in [-0.15, -0.1) is 0 Å². The molecule has 1 atom stereocenters. The zero-order chi connectivity index (χ0) is 19.5. The van der Waals surface area contributed by atoms with Gasteiger partial charge in [-0.3, -0.25) is 14.3 Å². The molecule has 1 amide bonds. The zero-order valence-corrected chi connectivity index (χ0v) is 15.3. The van der Waals surface area contributed by atoms with Crippen molar-refractivity contribution in [2.45, 2.75) is 19.5 Å². The molecule has 7 heteroatoms. The fourth-order valence-electron chi connectivity index (χ4n) is 3.19. The largest absolute Gasteiger partial charge is 0.346 e. The number of fused-ring (bicyclic) bond motifs is 1. The van der Waals surface area contributed by atoms with Gasteiger partial charge in [-0.05, 0) is 43.3 Å². The van der Waals surface area contributed by atoms with Crippen molar-refractivity contribution in [3.8, 4) is 5.69 Å². The maximum atomic E-state index is 13.1. The van der Waals surface area contributed by atoms with Crippen LogP contribution in [0.25, 0.3) is 16.9 Å². The lowest BCUT2D eigenvalue weighted by Gasteiger charge is -2.13. The van der Waals surface area contributed by atoms with Gasteiger partial charge in [0.05, 0.1) is 22.9 Å². The number of aromatic nitrogens is 4. The van der Waals surface area contributed by atoms with E-state index in [1.807, 2.05) is 55.5 Å². The topological polar surface area (TPSA) is 81.8 Å². The highest BCUT2D eigenvalue weighted by molar-refractivity contribution is 5.80. The molecule has 0 aliphatic rings. The Balaban J connectivity index is 1.67. The van der Waals surface area contributed by atoms with Crippen molar-refractivity contribution in [1.82, 2.24) is 24.4 Å². The quantitative estimate of drug-likeness (QED) is 0.583. The van der Waals surface area contributed by atoms with Crippen LogP contribution in [-0.4, -0.2) is 25.0 Å². The minimum atomic E-state index is -0.305. The molecule has 140 valence electrons. The summed E-state index contributed by atoms with van der Waals surface area (Å²) in [6.07, 6.45) is 3.32. The van der Waals surface area contributed by atoms with Gasteiger partial charge in [0, 0.05) is 12.4 Å². The Morgan fingerprint density at radius 1 is 1.00 bits per heavy atom. The highest BCUT2D eigenvalue weighted by Gasteiger charge is 2.18. The highest BCUT2D eigenvalue weighted by Crippen LogP contribution is 2.15.